The van der Waals surface area contributed by atoms with Crippen molar-refractivity contribution >= 4 is 11.6 Å². The Balaban J connectivity index is 2.53. The maximum absolute atomic E-state index is 12.4. The molecule has 0 bridgehead atoms. The van der Waals surface area contributed by atoms with E-state index in [2.05, 4.69) is 0 Å². The summed E-state index contributed by atoms with van der Waals surface area (Å²) in [6.07, 6.45) is 5.43. The predicted octanol–water partition coefficient (Wildman–Crippen LogP) is 3.68. The fourth-order valence-corrected chi connectivity index (χ4v) is 3.70. The Labute approximate surface area is 115 Å². The SMILES string of the molecule is CC(=O)C(C(C)=O)(c1ccccc1)C1CCCCC1. The molecule has 1 saturated carbocycles. The summed E-state index contributed by atoms with van der Waals surface area (Å²) >= 11 is 0. The number of rotatable bonds is 4. The fraction of sp³-hybridized carbons (Fsp3) is 0.529. The summed E-state index contributed by atoms with van der Waals surface area (Å²) in [4.78, 5) is 24.8. The second-order valence-electron chi connectivity index (χ2n) is 5.62. The smallest absolute Gasteiger partial charge is 0.148 e. The first kappa shape index (κ1) is 14.0. The van der Waals surface area contributed by atoms with Crippen LogP contribution in [-0.4, -0.2) is 11.6 Å². The van der Waals surface area contributed by atoms with E-state index in [9.17, 15) is 9.59 Å². The van der Waals surface area contributed by atoms with Crippen LogP contribution < -0.4 is 0 Å². The van der Waals surface area contributed by atoms with E-state index < -0.39 is 5.41 Å². The van der Waals surface area contributed by atoms with Gasteiger partial charge in [0.15, 0.2) is 0 Å². The van der Waals surface area contributed by atoms with Crippen molar-refractivity contribution in [3.63, 3.8) is 0 Å². The molecule has 102 valence electrons. The lowest BCUT2D eigenvalue weighted by Crippen LogP contribution is -2.48. The molecule has 0 heterocycles. The standard InChI is InChI=1S/C17H22O2/c1-13(18)17(14(2)19,15-9-5-3-6-10-15)16-11-7-4-8-12-16/h3,5-6,9-10,16H,4,7-8,11-12H2,1-2H3. The Morgan fingerprint density at radius 3 is 1.95 bits per heavy atom. The van der Waals surface area contributed by atoms with Crippen LogP contribution in [0.1, 0.15) is 51.5 Å². The zero-order valence-electron chi connectivity index (χ0n) is 11.8. The zero-order valence-corrected chi connectivity index (χ0v) is 11.8. The number of ketones is 2. The summed E-state index contributed by atoms with van der Waals surface area (Å²) in [5, 5.41) is 0. The van der Waals surface area contributed by atoms with Gasteiger partial charge in [0, 0.05) is 0 Å². The number of Topliss-reactive ketones (excluding diaryl/α,β-unsaturated/α-hetero) is 2. The number of hydrogen-bond acceptors (Lipinski definition) is 2. The normalized spacial score (nSPS) is 17.2. The second-order valence-corrected chi connectivity index (χ2v) is 5.62. The fourth-order valence-electron chi connectivity index (χ4n) is 3.70. The van der Waals surface area contributed by atoms with Crippen molar-refractivity contribution in [3.8, 4) is 0 Å². The first-order valence-electron chi connectivity index (χ1n) is 7.17. The van der Waals surface area contributed by atoms with Crippen LogP contribution in [0.5, 0.6) is 0 Å². The van der Waals surface area contributed by atoms with E-state index in [4.69, 9.17) is 0 Å². The highest BCUT2D eigenvalue weighted by Gasteiger charge is 2.48. The van der Waals surface area contributed by atoms with Crippen molar-refractivity contribution in [3.05, 3.63) is 35.9 Å². The molecule has 19 heavy (non-hydrogen) atoms. The largest absolute Gasteiger partial charge is 0.299 e. The minimum absolute atomic E-state index is 0.00176. The van der Waals surface area contributed by atoms with Gasteiger partial charge in [-0.3, -0.25) is 9.59 Å². The lowest BCUT2D eigenvalue weighted by atomic mass is 9.61. The first-order valence-corrected chi connectivity index (χ1v) is 7.17. The van der Waals surface area contributed by atoms with Crippen molar-refractivity contribution in [1.29, 1.82) is 0 Å². The summed E-state index contributed by atoms with van der Waals surface area (Å²) in [6, 6.07) is 9.61. The van der Waals surface area contributed by atoms with Crippen LogP contribution in [0, 0.1) is 5.92 Å². The van der Waals surface area contributed by atoms with Gasteiger partial charge >= 0.3 is 0 Å². The molecular weight excluding hydrogens is 236 g/mol. The van der Waals surface area contributed by atoms with Gasteiger partial charge in [0.05, 0.1) is 0 Å². The number of benzene rings is 1. The molecule has 0 unspecified atom stereocenters. The van der Waals surface area contributed by atoms with Gasteiger partial charge in [-0.15, -0.1) is 0 Å². The number of carbonyl (C=O) groups is 2. The van der Waals surface area contributed by atoms with Crippen LogP contribution in [-0.2, 0) is 15.0 Å². The van der Waals surface area contributed by atoms with Crippen molar-refractivity contribution in [2.24, 2.45) is 5.92 Å². The lowest BCUT2D eigenvalue weighted by Gasteiger charge is -2.39. The molecule has 1 aliphatic rings. The Bertz CT molecular complexity index is 441. The Morgan fingerprint density at radius 2 is 1.47 bits per heavy atom. The average Bonchev–Trinajstić information content (AvgIpc) is 2.41. The summed E-state index contributed by atoms with van der Waals surface area (Å²) in [5.74, 6) is 0.162. The van der Waals surface area contributed by atoms with Gasteiger partial charge in [0.1, 0.15) is 17.0 Å². The molecule has 2 heteroatoms. The van der Waals surface area contributed by atoms with E-state index in [1.807, 2.05) is 30.3 Å². The van der Waals surface area contributed by atoms with Crippen molar-refractivity contribution < 1.29 is 9.59 Å². The van der Waals surface area contributed by atoms with Gasteiger partial charge in [-0.2, -0.15) is 0 Å². The number of carbonyl (C=O) groups excluding carboxylic acids is 2. The summed E-state index contributed by atoms with van der Waals surface area (Å²) in [7, 11) is 0. The highest BCUT2D eigenvalue weighted by Crippen LogP contribution is 2.42. The van der Waals surface area contributed by atoms with Gasteiger partial charge in [0.2, 0.25) is 0 Å². The van der Waals surface area contributed by atoms with Gasteiger partial charge in [-0.1, -0.05) is 49.6 Å². The van der Waals surface area contributed by atoms with Crippen LogP contribution in [0.15, 0.2) is 30.3 Å². The molecule has 0 amide bonds. The molecule has 0 N–H and O–H groups in total. The zero-order chi connectivity index (χ0) is 13.9. The van der Waals surface area contributed by atoms with Crippen LogP contribution >= 0.6 is 0 Å². The van der Waals surface area contributed by atoms with E-state index in [0.29, 0.717) is 0 Å². The molecule has 0 aromatic heterocycles. The van der Waals surface area contributed by atoms with Crippen molar-refractivity contribution in [2.75, 3.05) is 0 Å². The monoisotopic (exact) mass is 258 g/mol. The van der Waals surface area contributed by atoms with E-state index in [-0.39, 0.29) is 17.5 Å². The maximum atomic E-state index is 12.4. The van der Waals surface area contributed by atoms with Gasteiger partial charge < -0.3 is 0 Å². The van der Waals surface area contributed by atoms with Crippen molar-refractivity contribution in [2.45, 2.75) is 51.4 Å². The van der Waals surface area contributed by atoms with Gasteiger partial charge in [-0.25, -0.2) is 0 Å². The highest BCUT2D eigenvalue weighted by atomic mass is 16.2. The van der Waals surface area contributed by atoms with Crippen LogP contribution in [0.2, 0.25) is 0 Å². The molecule has 0 saturated heterocycles. The summed E-state index contributed by atoms with van der Waals surface area (Å²) in [5.41, 5.74) is -0.0382. The van der Waals surface area contributed by atoms with E-state index in [1.54, 1.807) is 13.8 Å². The van der Waals surface area contributed by atoms with Crippen LogP contribution in [0.25, 0.3) is 0 Å². The second kappa shape index (κ2) is 5.68. The average molecular weight is 258 g/mol. The third-order valence-electron chi connectivity index (χ3n) is 4.56. The lowest BCUT2D eigenvalue weighted by molar-refractivity contribution is -0.136. The van der Waals surface area contributed by atoms with Crippen LogP contribution in [0.3, 0.4) is 0 Å². The molecule has 0 aliphatic heterocycles. The molecule has 1 fully saturated rings. The molecular formula is C17H22O2. The third-order valence-corrected chi connectivity index (χ3v) is 4.56. The summed E-state index contributed by atoms with van der Waals surface area (Å²) in [6.45, 7) is 3.14. The maximum Gasteiger partial charge on any atom is 0.148 e. The molecule has 1 aromatic carbocycles. The Kier molecular flexibility index (Phi) is 4.18. The minimum Gasteiger partial charge on any atom is -0.299 e. The van der Waals surface area contributed by atoms with Gasteiger partial charge in [0.25, 0.3) is 0 Å². The summed E-state index contributed by atoms with van der Waals surface area (Å²) < 4.78 is 0. The highest BCUT2D eigenvalue weighted by molar-refractivity contribution is 6.11. The topological polar surface area (TPSA) is 34.1 Å². The van der Waals surface area contributed by atoms with E-state index >= 15 is 0 Å². The molecule has 2 nitrogen and oxygen atoms in total. The first-order chi connectivity index (χ1) is 9.10. The molecule has 1 aliphatic carbocycles. The molecule has 1 aromatic rings. The van der Waals surface area contributed by atoms with Gasteiger partial charge in [-0.05, 0) is 38.2 Å². The van der Waals surface area contributed by atoms with Crippen molar-refractivity contribution in [1.82, 2.24) is 0 Å². The Hall–Kier alpha value is -1.44. The van der Waals surface area contributed by atoms with E-state index in [0.717, 1.165) is 31.2 Å². The molecule has 2 rings (SSSR count). The Morgan fingerprint density at radius 1 is 0.947 bits per heavy atom. The predicted molar refractivity (Wildman–Crippen MR) is 76.1 cm³/mol. The molecule has 0 radical (unpaired) electrons. The third kappa shape index (κ3) is 2.36. The quantitative estimate of drug-likeness (QED) is 0.772. The van der Waals surface area contributed by atoms with E-state index in [1.165, 1.54) is 6.42 Å². The molecule has 0 spiro atoms. The number of hydrogen-bond donors (Lipinski definition) is 0. The van der Waals surface area contributed by atoms with Crippen LogP contribution in [0.4, 0.5) is 0 Å². The molecule has 0 atom stereocenters. The minimum atomic E-state index is -0.915.